The average Bonchev–Trinajstić information content (AvgIpc) is 2.98. The molecule has 3 aromatic rings. The van der Waals surface area contributed by atoms with E-state index in [1.165, 1.54) is 0 Å². The summed E-state index contributed by atoms with van der Waals surface area (Å²) in [6.45, 7) is 3.90. The zero-order valence-corrected chi connectivity index (χ0v) is 11.9. The van der Waals surface area contributed by atoms with Gasteiger partial charge in [0.05, 0.1) is 0 Å². The summed E-state index contributed by atoms with van der Waals surface area (Å²) >= 11 is 0. The molecule has 2 heterocycles. The van der Waals surface area contributed by atoms with Gasteiger partial charge in [0.1, 0.15) is 5.75 Å². The molecule has 5 nitrogen and oxygen atoms in total. The molecule has 0 bridgehead atoms. The third-order valence-corrected chi connectivity index (χ3v) is 3.03. The third kappa shape index (κ3) is 3.08. The lowest BCUT2D eigenvalue weighted by Crippen LogP contribution is -2.03. The predicted molar refractivity (Wildman–Crippen MR) is 77.8 cm³/mol. The van der Waals surface area contributed by atoms with E-state index in [4.69, 9.17) is 9.26 Å². The molecule has 3 rings (SSSR count). The van der Waals surface area contributed by atoms with Gasteiger partial charge >= 0.3 is 0 Å². The lowest BCUT2D eigenvalue weighted by atomic mass is 10.2. The minimum Gasteiger partial charge on any atom is -0.481 e. The molecule has 0 saturated carbocycles. The van der Waals surface area contributed by atoms with Gasteiger partial charge in [-0.15, -0.1) is 0 Å². The topological polar surface area (TPSA) is 61.0 Å². The number of ether oxygens (including phenoxy) is 1. The highest BCUT2D eigenvalue weighted by atomic mass is 16.5. The van der Waals surface area contributed by atoms with Crippen LogP contribution in [0.15, 0.2) is 53.3 Å². The van der Waals surface area contributed by atoms with Crippen molar-refractivity contribution in [3.05, 3.63) is 60.2 Å². The minimum absolute atomic E-state index is 0.310. The molecule has 2 aromatic heterocycles. The molecule has 1 aromatic carbocycles. The summed E-state index contributed by atoms with van der Waals surface area (Å²) in [4.78, 5) is 8.33. The van der Waals surface area contributed by atoms with E-state index < -0.39 is 0 Å². The third-order valence-electron chi connectivity index (χ3n) is 3.03. The van der Waals surface area contributed by atoms with Crippen molar-refractivity contribution in [3.8, 4) is 17.1 Å². The Kier molecular flexibility index (Phi) is 3.64. The number of nitrogens with zero attached hydrogens (tertiary/aromatic N) is 3. The zero-order valence-electron chi connectivity index (χ0n) is 11.9. The molecular formula is C16H15N3O2. The molecule has 0 saturated heterocycles. The molecule has 0 N–H and O–H groups in total. The smallest absolute Gasteiger partial charge is 0.267 e. The lowest BCUT2D eigenvalue weighted by molar-refractivity contribution is 0.175. The summed E-state index contributed by atoms with van der Waals surface area (Å²) in [6.07, 6.45) is 3.07. The highest BCUT2D eigenvalue weighted by Gasteiger charge is 2.16. The normalized spacial score (nSPS) is 12.1. The van der Waals surface area contributed by atoms with Crippen LogP contribution in [0, 0.1) is 6.92 Å². The second-order valence-electron chi connectivity index (χ2n) is 4.77. The van der Waals surface area contributed by atoms with Crippen LogP contribution in [0.2, 0.25) is 0 Å². The number of pyridine rings is 1. The summed E-state index contributed by atoms with van der Waals surface area (Å²) in [5.74, 6) is 1.77. The fourth-order valence-electron chi connectivity index (χ4n) is 1.96. The first-order valence-electron chi connectivity index (χ1n) is 6.70. The van der Waals surface area contributed by atoms with Gasteiger partial charge in [-0.05, 0) is 43.7 Å². The van der Waals surface area contributed by atoms with Crippen molar-refractivity contribution in [2.75, 3.05) is 0 Å². The summed E-state index contributed by atoms with van der Waals surface area (Å²) in [5.41, 5.74) is 2.01. The molecule has 0 aliphatic heterocycles. The van der Waals surface area contributed by atoms with Gasteiger partial charge in [-0.1, -0.05) is 17.3 Å². The molecule has 0 unspecified atom stereocenters. The Balaban J connectivity index is 1.77. The molecule has 0 aliphatic carbocycles. The largest absolute Gasteiger partial charge is 0.481 e. The summed E-state index contributed by atoms with van der Waals surface area (Å²) in [7, 11) is 0. The summed E-state index contributed by atoms with van der Waals surface area (Å²) in [5, 5.41) is 3.97. The highest BCUT2D eigenvalue weighted by molar-refractivity contribution is 5.52. The van der Waals surface area contributed by atoms with Crippen molar-refractivity contribution in [3.63, 3.8) is 0 Å². The molecule has 1 atom stereocenters. The van der Waals surface area contributed by atoms with E-state index in [1.54, 1.807) is 12.4 Å². The second kappa shape index (κ2) is 5.75. The Labute approximate surface area is 122 Å². The van der Waals surface area contributed by atoms with Crippen molar-refractivity contribution in [1.82, 2.24) is 15.1 Å². The predicted octanol–water partition coefficient (Wildman–Crippen LogP) is 3.58. The van der Waals surface area contributed by atoms with Crippen LogP contribution in [-0.2, 0) is 0 Å². The van der Waals surface area contributed by atoms with Crippen LogP contribution < -0.4 is 4.74 Å². The van der Waals surface area contributed by atoms with E-state index in [1.807, 2.05) is 50.2 Å². The monoisotopic (exact) mass is 281 g/mol. The van der Waals surface area contributed by atoms with Gasteiger partial charge < -0.3 is 9.26 Å². The van der Waals surface area contributed by atoms with Gasteiger partial charge in [0, 0.05) is 18.0 Å². The Bertz CT molecular complexity index is 725. The lowest BCUT2D eigenvalue weighted by Gasteiger charge is -2.10. The van der Waals surface area contributed by atoms with Crippen LogP contribution in [0.5, 0.6) is 5.75 Å². The Morgan fingerprint density at radius 2 is 1.95 bits per heavy atom. The van der Waals surface area contributed by atoms with Crippen LogP contribution in [-0.4, -0.2) is 15.1 Å². The van der Waals surface area contributed by atoms with Crippen LogP contribution >= 0.6 is 0 Å². The van der Waals surface area contributed by atoms with Crippen molar-refractivity contribution in [2.24, 2.45) is 0 Å². The second-order valence-corrected chi connectivity index (χ2v) is 4.77. The number of aryl methyl sites for hydroxylation is 1. The molecule has 106 valence electrons. The fraction of sp³-hybridized carbons (Fsp3) is 0.188. The molecule has 0 spiro atoms. The summed E-state index contributed by atoms with van der Waals surface area (Å²) in [6, 6.07) is 11.5. The SMILES string of the molecule is Cc1cccc(O[C@@H](C)c2nc(-c3ccncc3)no2)c1. The maximum absolute atomic E-state index is 5.82. The number of hydrogen-bond donors (Lipinski definition) is 0. The van der Waals surface area contributed by atoms with E-state index in [0.29, 0.717) is 11.7 Å². The molecule has 0 aliphatic rings. The van der Waals surface area contributed by atoms with Crippen molar-refractivity contribution < 1.29 is 9.26 Å². The molecule has 0 radical (unpaired) electrons. The maximum atomic E-state index is 5.82. The molecule has 0 fully saturated rings. The van der Waals surface area contributed by atoms with E-state index >= 15 is 0 Å². The minimum atomic E-state index is -0.310. The Morgan fingerprint density at radius 3 is 2.71 bits per heavy atom. The van der Waals surface area contributed by atoms with Crippen LogP contribution in [0.4, 0.5) is 0 Å². The number of rotatable bonds is 4. The van der Waals surface area contributed by atoms with E-state index in [-0.39, 0.29) is 6.10 Å². The van der Waals surface area contributed by atoms with Crippen LogP contribution in [0.25, 0.3) is 11.4 Å². The molecular weight excluding hydrogens is 266 g/mol. The Hall–Kier alpha value is -2.69. The Morgan fingerprint density at radius 1 is 1.14 bits per heavy atom. The first-order chi connectivity index (χ1) is 10.2. The molecule has 0 amide bonds. The van der Waals surface area contributed by atoms with Gasteiger partial charge in [-0.2, -0.15) is 4.98 Å². The first kappa shape index (κ1) is 13.3. The maximum Gasteiger partial charge on any atom is 0.267 e. The molecule has 21 heavy (non-hydrogen) atoms. The van der Waals surface area contributed by atoms with E-state index in [9.17, 15) is 0 Å². The zero-order chi connectivity index (χ0) is 14.7. The quantitative estimate of drug-likeness (QED) is 0.731. The van der Waals surface area contributed by atoms with E-state index in [2.05, 4.69) is 15.1 Å². The number of benzene rings is 1. The van der Waals surface area contributed by atoms with Gasteiger partial charge in [0.25, 0.3) is 5.89 Å². The number of aromatic nitrogens is 3. The van der Waals surface area contributed by atoms with Crippen molar-refractivity contribution >= 4 is 0 Å². The number of hydrogen-bond acceptors (Lipinski definition) is 5. The van der Waals surface area contributed by atoms with E-state index in [0.717, 1.165) is 16.9 Å². The first-order valence-corrected chi connectivity index (χ1v) is 6.70. The average molecular weight is 281 g/mol. The van der Waals surface area contributed by atoms with Gasteiger partial charge in [-0.25, -0.2) is 0 Å². The summed E-state index contributed by atoms with van der Waals surface area (Å²) < 4.78 is 11.1. The van der Waals surface area contributed by atoms with Crippen LogP contribution in [0.3, 0.4) is 0 Å². The van der Waals surface area contributed by atoms with Crippen LogP contribution in [0.1, 0.15) is 24.5 Å². The van der Waals surface area contributed by atoms with Gasteiger partial charge in [-0.3, -0.25) is 4.98 Å². The molecule has 5 heteroatoms. The van der Waals surface area contributed by atoms with Crippen molar-refractivity contribution in [2.45, 2.75) is 20.0 Å². The van der Waals surface area contributed by atoms with Gasteiger partial charge in [0.2, 0.25) is 5.82 Å². The van der Waals surface area contributed by atoms with Gasteiger partial charge in [0.15, 0.2) is 6.10 Å². The standard InChI is InChI=1S/C16H15N3O2/c1-11-4-3-5-14(10-11)20-12(2)16-18-15(19-21-16)13-6-8-17-9-7-13/h3-10,12H,1-2H3/t12-/m0/s1. The van der Waals surface area contributed by atoms with Crippen molar-refractivity contribution in [1.29, 1.82) is 0 Å². The fourth-order valence-corrected chi connectivity index (χ4v) is 1.96. The highest BCUT2D eigenvalue weighted by Crippen LogP contribution is 2.23.